The Hall–Kier alpha value is -4.28. The van der Waals surface area contributed by atoms with Gasteiger partial charge in [-0.25, -0.2) is 9.13 Å². The largest absolute Gasteiger partial charge is 0.472 e. The van der Waals surface area contributed by atoms with Crippen molar-refractivity contribution >= 4 is 39.5 Å². The number of ether oxygens (including phenoxy) is 4. The van der Waals surface area contributed by atoms with Crippen LogP contribution in [0, 0.1) is 0 Å². The highest BCUT2D eigenvalue weighted by molar-refractivity contribution is 7.47. The normalized spacial score (nSPS) is 14.4. The topological polar surface area (TPSA) is 237 Å². The van der Waals surface area contributed by atoms with Crippen molar-refractivity contribution in [3.05, 3.63) is 109 Å². The summed E-state index contributed by atoms with van der Waals surface area (Å²) in [5.41, 5.74) is 0. The van der Waals surface area contributed by atoms with E-state index in [1.54, 1.807) is 0 Å². The van der Waals surface area contributed by atoms with Crippen LogP contribution in [0.2, 0.25) is 0 Å². The van der Waals surface area contributed by atoms with Gasteiger partial charge < -0.3 is 33.8 Å². The highest BCUT2D eigenvalue weighted by Crippen LogP contribution is 2.45. The average Bonchev–Trinajstić information content (AvgIpc) is 0.918. The number of carbonyl (C=O) groups excluding carboxylic acids is 4. The van der Waals surface area contributed by atoms with Crippen molar-refractivity contribution in [2.24, 2.45) is 0 Å². The highest BCUT2D eigenvalue weighted by Gasteiger charge is 2.30. The number of phosphoric acid groups is 2. The predicted octanol–water partition coefficient (Wildman–Crippen LogP) is 24.1. The Morgan fingerprint density at radius 3 is 0.798 bits per heavy atom. The number of rotatable bonds is 77. The molecule has 0 spiro atoms. The third kappa shape index (κ3) is 75.9. The summed E-state index contributed by atoms with van der Waals surface area (Å²) in [6.45, 7) is 4.69. The second kappa shape index (κ2) is 76.9. The summed E-state index contributed by atoms with van der Waals surface area (Å²) in [7, 11) is -9.97. The van der Waals surface area contributed by atoms with E-state index in [4.69, 9.17) is 37.0 Å². The van der Waals surface area contributed by atoms with E-state index in [1.165, 1.54) is 103 Å². The molecule has 0 bridgehead atoms. The summed E-state index contributed by atoms with van der Waals surface area (Å²) in [6.07, 6.45) is 83.4. The van der Waals surface area contributed by atoms with E-state index < -0.39 is 97.5 Å². The lowest BCUT2D eigenvalue weighted by Crippen LogP contribution is -2.30. The van der Waals surface area contributed by atoms with Gasteiger partial charge in [-0.3, -0.25) is 37.3 Å². The van der Waals surface area contributed by atoms with Crippen molar-refractivity contribution in [1.29, 1.82) is 0 Å². The van der Waals surface area contributed by atoms with E-state index in [2.05, 4.69) is 137 Å². The van der Waals surface area contributed by atoms with E-state index in [0.29, 0.717) is 25.7 Å². The third-order valence-electron chi connectivity index (χ3n) is 17.2. The zero-order valence-electron chi connectivity index (χ0n) is 65.7. The van der Waals surface area contributed by atoms with Gasteiger partial charge in [0.25, 0.3) is 0 Å². The Balaban J connectivity index is 5.40. The number of esters is 4. The number of aliphatic hydroxyl groups excluding tert-OH is 1. The fourth-order valence-corrected chi connectivity index (χ4v) is 12.5. The number of hydrogen-bond donors (Lipinski definition) is 3. The number of allylic oxidation sites excluding steroid dienone is 18. The van der Waals surface area contributed by atoms with Crippen molar-refractivity contribution in [2.75, 3.05) is 39.6 Å². The van der Waals surface area contributed by atoms with Crippen LogP contribution < -0.4 is 0 Å². The first-order chi connectivity index (χ1) is 50.7. The molecule has 0 fully saturated rings. The van der Waals surface area contributed by atoms with Gasteiger partial charge in [-0.15, -0.1) is 0 Å². The lowest BCUT2D eigenvalue weighted by Gasteiger charge is -2.21. The van der Waals surface area contributed by atoms with Gasteiger partial charge in [-0.2, -0.15) is 0 Å². The van der Waals surface area contributed by atoms with Crippen LogP contribution in [0.15, 0.2) is 109 Å². The molecular formula is C85H148O17P2. The molecular weight excluding hydrogens is 1350 g/mol. The maximum atomic E-state index is 13.1. The van der Waals surface area contributed by atoms with Crippen molar-refractivity contribution in [2.45, 2.75) is 367 Å². The van der Waals surface area contributed by atoms with Crippen LogP contribution in [0.5, 0.6) is 0 Å². The molecule has 0 aromatic heterocycles. The number of carbonyl (C=O) groups is 4. The standard InChI is InChI=1S/C85H148O17P2/c1-5-9-13-17-21-25-29-33-37-38-39-40-44-46-50-54-58-62-66-70-83(88)96-76-81(102-85(90)72-68-64-60-56-52-48-43-36-32-28-24-20-16-12-8-4)78-100-104(93,94)98-74-79(86)73-97-103(91,92)99-77-80(101-84(89)71-67-63-59-55-51-47-42-35-31-27-23-19-15-11-7-3)75-95-82(87)69-65-61-57-53-49-45-41-34-30-26-22-18-14-10-6-2/h9,13,21-23,25-27,33-35,37,39-42,46,50,79-81,86H,5-8,10-12,14-20,24,28-32,36,38,43-45,47-49,51-78H2,1-4H3,(H,91,92)(H,93,94)/b13-9-,25-21-,26-22-,27-23-,37-33-,40-39-,41-34-,42-35-,50-46-/t79-,80+,81+/m0/s1. The summed E-state index contributed by atoms with van der Waals surface area (Å²) in [5.74, 6) is -2.22. The minimum Gasteiger partial charge on any atom is -0.462 e. The minimum atomic E-state index is -4.99. The van der Waals surface area contributed by atoms with Crippen LogP contribution in [-0.2, 0) is 65.4 Å². The summed E-state index contributed by atoms with van der Waals surface area (Å²) in [6, 6.07) is 0. The molecule has 0 aromatic rings. The number of aliphatic hydroxyl groups is 1. The maximum absolute atomic E-state index is 13.1. The maximum Gasteiger partial charge on any atom is 0.472 e. The number of phosphoric ester groups is 2. The molecule has 0 aliphatic rings. The molecule has 600 valence electrons. The first kappa shape index (κ1) is 99.7. The van der Waals surface area contributed by atoms with E-state index in [9.17, 15) is 43.2 Å². The predicted molar refractivity (Wildman–Crippen MR) is 427 cm³/mol. The van der Waals surface area contributed by atoms with Crippen LogP contribution in [0.4, 0.5) is 0 Å². The Labute approximate surface area is 632 Å². The number of unbranched alkanes of at least 4 members (excludes halogenated alkanes) is 33. The third-order valence-corrected chi connectivity index (χ3v) is 19.1. The second-order valence-electron chi connectivity index (χ2n) is 27.3. The Kier molecular flexibility index (Phi) is 73.7. The van der Waals surface area contributed by atoms with Gasteiger partial charge in [0.15, 0.2) is 12.2 Å². The summed E-state index contributed by atoms with van der Waals surface area (Å²) in [5, 5.41) is 10.7. The van der Waals surface area contributed by atoms with E-state index in [1.807, 2.05) is 0 Å². The molecule has 0 saturated heterocycles. The van der Waals surface area contributed by atoms with Crippen molar-refractivity contribution in [3.63, 3.8) is 0 Å². The molecule has 0 radical (unpaired) electrons. The van der Waals surface area contributed by atoms with Gasteiger partial charge >= 0.3 is 39.5 Å². The van der Waals surface area contributed by atoms with Gasteiger partial charge in [0.2, 0.25) is 0 Å². The monoisotopic (exact) mass is 1500 g/mol. The molecule has 0 aliphatic carbocycles. The average molecular weight is 1500 g/mol. The lowest BCUT2D eigenvalue weighted by molar-refractivity contribution is -0.161. The quantitative estimate of drug-likeness (QED) is 0.0169. The molecule has 0 aromatic carbocycles. The molecule has 5 atom stereocenters. The van der Waals surface area contributed by atoms with Crippen LogP contribution in [0.1, 0.15) is 349 Å². The van der Waals surface area contributed by atoms with E-state index in [0.717, 1.165) is 167 Å². The Bertz CT molecular complexity index is 2390. The molecule has 17 nitrogen and oxygen atoms in total. The van der Waals surface area contributed by atoms with Crippen LogP contribution >= 0.6 is 15.6 Å². The summed E-state index contributed by atoms with van der Waals surface area (Å²) >= 11 is 0. The van der Waals surface area contributed by atoms with Gasteiger partial charge in [0, 0.05) is 25.7 Å². The summed E-state index contributed by atoms with van der Waals surface area (Å²) in [4.78, 5) is 73.1. The lowest BCUT2D eigenvalue weighted by atomic mass is 10.0. The molecule has 0 aliphatic heterocycles. The van der Waals surface area contributed by atoms with Crippen molar-refractivity contribution in [1.82, 2.24) is 0 Å². The smallest absolute Gasteiger partial charge is 0.462 e. The molecule has 3 N–H and O–H groups in total. The van der Waals surface area contributed by atoms with Crippen molar-refractivity contribution in [3.8, 4) is 0 Å². The van der Waals surface area contributed by atoms with Gasteiger partial charge in [-0.05, 0) is 135 Å². The molecule has 0 amide bonds. The van der Waals surface area contributed by atoms with E-state index >= 15 is 0 Å². The van der Waals surface area contributed by atoms with Gasteiger partial charge in [-0.1, -0.05) is 298 Å². The second-order valence-corrected chi connectivity index (χ2v) is 30.2. The van der Waals surface area contributed by atoms with Crippen LogP contribution in [-0.4, -0.2) is 96.7 Å². The molecule has 0 heterocycles. The van der Waals surface area contributed by atoms with E-state index in [-0.39, 0.29) is 25.7 Å². The molecule has 0 rings (SSSR count). The van der Waals surface area contributed by atoms with Crippen LogP contribution in [0.3, 0.4) is 0 Å². The molecule has 19 heteroatoms. The molecule has 0 saturated carbocycles. The fraction of sp³-hybridized carbons (Fsp3) is 0.741. The summed E-state index contributed by atoms with van der Waals surface area (Å²) < 4.78 is 68.7. The highest BCUT2D eigenvalue weighted by atomic mass is 31.2. The zero-order valence-corrected chi connectivity index (χ0v) is 67.5. The fourth-order valence-electron chi connectivity index (χ4n) is 11.0. The Morgan fingerprint density at radius 1 is 0.279 bits per heavy atom. The first-order valence-electron chi connectivity index (χ1n) is 41.1. The van der Waals surface area contributed by atoms with Gasteiger partial charge in [0.1, 0.15) is 19.3 Å². The number of hydrogen-bond acceptors (Lipinski definition) is 15. The van der Waals surface area contributed by atoms with Gasteiger partial charge in [0.05, 0.1) is 26.4 Å². The molecule has 104 heavy (non-hydrogen) atoms. The van der Waals surface area contributed by atoms with Crippen molar-refractivity contribution < 1.29 is 80.2 Å². The first-order valence-corrected chi connectivity index (χ1v) is 44.1. The zero-order chi connectivity index (χ0) is 76.0. The SMILES string of the molecule is CC/C=C\C/C=C\C/C=C\C/C=C\C/C=C\CCCCCC(=O)OC[C@H](COP(=O)(O)OC[C@@H](O)COP(=O)(O)OC[C@@H](COC(=O)CCCCCCC/C=C\C/C=C\CCCCC)OC(=O)CCCCCCC/C=C\C/C=C\CCCCC)OC(=O)CCCCCCCCCCCCCCCCC. The molecule has 2 unspecified atom stereocenters. The van der Waals surface area contributed by atoms with Crippen LogP contribution in [0.25, 0.3) is 0 Å². The minimum absolute atomic E-state index is 0.0754. The Morgan fingerprint density at radius 2 is 0.500 bits per heavy atom.